The second-order valence-corrected chi connectivity index (χ2v) is 7.50. The molecular formula is C14H16N4OS2. The summed E-state index contributed by atoms with van der Waals surface area (Å²) in [7, 11) is 0. The minimum Gasteiger partial charge on any atom is -0.382 e. The fourth-order valence-electron chi connectivity index (χ4n) is 2.51. The highest BCUT2D eigenvalue weighted by molar-refractivity contribution is 7.18. The van der Waals surface area contributed by atoms with Crippen molar-refractivity contribution in [2.45, 2.75) is 31.8 Å². The van der Waals surface area contributed by atoms with Crippen molar-refractivity contribution < 1.29 is 4.79 Å². The molecule has 2 aliphatic rings. The second-order valence-electron chi connectivity index (χ2n) is 5.50. The molecule has 0 unspecified atom stereocenters. The van der Waals surface area contributed by atoms with Crippen LogP contribution in [-0.2, 0) is 13.0 Å². The third kappa shape index (κ3) is 2.51. The molecule has 21 heavy (non-hydrogen) atoms. The molecule has 1 aliphatic heterocycles. The van der Waals surface area contributed by atoms with Gasteiger partial charge >= 0.3 is 0 Å². The average molecular weight is 320 g/mol. The molecule has 1 saturated carbocycles. The van der Waals surface area contributed by atoms with Crippen molar-refractivity contribution in [1.82, 2.24) is 9.88 Å². The molecule has 2 aromatic rings. The van der Waals surface area contributed by atoms with Crippen LogP contribution in [0.5, 0.6) is 0 Å². The van der Waals surface area contributed by atoms with Gasteiger partial charge in [0.15, 0.2) is 5.13 Å². The summed E-state index contributed by atoms with van der Waals surface area (Å²) in [6.45, 7) is 1.44. The lowest BCUT2D eigenvalue weighted by Gasteiger charge is -2.26. The maximum absolute atomic E-state index is 12.7. The lowest BCUT2D eigenvalue weighted by molar-refractivity contribution is 0.0741. The number of aromatic nitrogens is 1. The summed E-state index contributed by atoms with van der Waals surface area (Å²) in [6.07, 6.45) is 3.29. The summed E-state index contributed by atoms with van der Waals surface area (Å²) >= 11 is 3.15. The molecule has 1 fully saturated rings. The Kier molecular flexibility index (Phi) is 3.11. The molecule has 110 valence electrons. The van der Waals surface area contributed by atoms with Crippen molar-refractivity contribution in [1.29, 1.82) is 0 Å². The number of anilines is 2. The SMILES string of the molecule is Nc1nc(NC2CC2)sc1C(=O)N1CCc2sccc2C1. The number of carbonyl (C=O) groups excluding carboxylic acids is 1. The van der Waals surface area contributed by atoms with Crippen LogP contribution in [0, 0.1) is 0 Å². The second kappa shape index (κ2) is 4.99. The predicted molar refractivity (Wildman–Crippen MR) is 85.9 cm³/mol. The number of nitrogen functional groups attached to an aromatic ring is 1. The molecule has 0 saturated heterocycles. The van der Waals surface area contributed by atoms with E-state index in [0.717, 1.165) is 18.1 Å². The van der Waals surface area contributed by atoms with Crippen molar-refractivity contribution in [3.05, 3.63) is 26.8 Å². The topological polar surface area (TPSA) is 71.2 Å². The average Bonchev–Trinajstić information content (AvgIpc) is 3.03. The molecule has 0 aromatic carbocycles. The van der Waals surface area contributed by atoms with Crippen LogP contribution in [0.2, 0.25) is 0 Å². The molecule has 4 rings (SSSR count). The normalized spacial score (nSPS) is 17.6. The minimum atomic E-state index is 0.00527. The van der Waals surface area contributed by atoms with E-state index in [1.807, 2.05) is 4.90 Å². The van der Waals surface area contributed by atoms with Gasteiger partial charge in [-0.25, -0.2) is 4.98 Å². The summed E-state index contributed by atoms with van der Waals surface area (Å²) in [5, 5.41) is 6.17. The van der Waals surface area contributed by atoms with Crippen LogP contribution in [0.15, 0.2) is 11.4 Å². The molecule has 5 nitrogen and oxygen atoms in total. The maximum Gasteiger partial charge on any atom is 0.268 e. The molecule has 0 bridgehead atoms. The first kappa shape index (κ1) is 13.1. The monoisotopic (exact) mass is 320 g/mol. The minimum absolute atomic E-state index is 0.00527. The van der Waals surface area contributed by atoms with Gasteiger partial charge in [-0.1, -0.05) is 11.3 Å². The Labute approximate surface area is 130 Å². The first-order chi connectivity index (χ1) is 10.2. The van der Waals surface area contributed by atoms with Gasteiger partial charge in [0.25, 0.3) is 5.91 Å². The smallest absolute Gasteiger partial charge is 0.268 e. The zero-order valence-electron chi connectivity index (χ0n) is 11.5. The fraction of sp³-hybridized carbons (Fsp3) is 0.429. The Morgan fingerprint density at radius 2 is 2.33 bits per heavy atom. The van der Waals surface area contributed by atoms with E-state index in [1.165, 1.54) is 34.6 Å². The van der Waals surface area contributed by atoms with Crippen LogP contribution in [0.4, 0.5) is 10.9 Å². The van der Waals surface area contributed by atoms with Gasteiger partial charge < -0.3 is 16.0 Å². The number of hydrogen-bond acceptors (Lipinski definition) is 6. The van der Waals surface area contributed by atoms with Crippen molar-refractivity contribution in [3.8, 4) is 0 Å². The third-order valence-corrected chi connectivity index (χ3v) is 5.86. The predicted octanol–water partition coefficient (Wildman–Crippen LogP) is 2.56. The van der Waals surface area contributed by atoms with Gasteiger partial charge in [0.05, 0.1) is 0 Å². The number of thiophene rings is 1. The Hall–Kier alpha value is -1.60. The van der Waals surface area contributed by atoms with Crippen LogP contribution in [0.3, 0.4) is 0 Å². The number of nitrogens with two attached hydrogens (primary N) is 1. The van der Waals surface area contributed by atoms with Gasteiger partial charge in [-0.15, -0.1) is 11.3 Å². The Balaban J connectivity index is 1.53. The van der Waals surface area contributed by atoms with Crippen molar-refractivity contribution in [2.75, 3.05) is 17.6 Å². The van der Waals surface area contributed by atoms with E-state index in [-0.39, 0.29) is 5.91 Å². The number of hydrogen-bond donors (Lipinski definition) is 2. The van der Waals surface area contributed by atoms with E-state index < -0.39 is 0 Å². The first-order valence-electron chi connectivity index (χ1n) is 7.08. The summed E-state index contributed by atoms with van der Waals surface area (Å²) < 4.78 is 0. The van der Waals surface area contributed by atoms with Crippen molar-refractivity contribution in [2.24, 2.45) is 0 Å². The molecule has 1 amide bonds. The molecule has 0 atom stereocenters. The van der Waals surface area contributed by atoms with Crippen LogP contribution >= 0.6 is 22.7 Å². The molecular weight excluding hydrogens is 304 g/mol. The number of thiazole rings is 1. The first-order valence-corrected chi connectivity index (χ1v) is 8.77. The standard InChI is InChI=1S/C14H16N4OS2/c15-12-11(21-14(17-12)16-9-1-2-9)13(19)18-5-3-10-8(7-18)4-6-20-10/h4,6,9H,1-3,5,7,15H2,(H,16,17). The van der Waals surface area contributed by atoms with E-state index in [0.29, 0.717) is 23.3 Å². The largest absolute Gasteiger partial charge is 0.382 e. The lowest BCUT2D eigenvalue weighted by atomic mass is 10.1. The zero-order chi connectivity index (χ0) is 14.4. The van der Waals surface area contributed by atoms with E-state index in [4.69, 9.17) is 5.73 Å². The van der Waals surface area contributed by atoms with Crippen molar-refractivity contribution in [3.63, 3.8) is 0 Å². The highest BCUT2D eigenvalue weighted by Crippen LogP contribution is 2.32. The number of amides is 1. The van der Waals surface area contributed by atoms with Crippen LogP contribution in [0.25, 0.3) is 0 Å². The number of rotatable bonds is 3. The van der Waals surface area contributed by atoms with Gasteiger partial charge in [-0.05, 0) is 36.3 Å². The number of carbonyl (C=O) groups is 1. The highest BCUT2D eigenvalue weighted by Gasteiger charge is 2.28. The summed E-state index contributed by atoms with van der Waals surface area (Å²) in [6, 6.07) is 2.62. The van der Waals surface area contributed by atoms with Gasteiger partial charge in [0.2, 0.25) is 0 Å². The van der Waals surface area contributed by atoms with Gasteiger partial charge in [0.1, 0.15) is 10.7 Å². The van der Waals surface area contributed by atoms with Crippen LogP contribution in [-0.4, -0.2) is 28.4 Å². The zero-order valence-corrected chi connectivity index (χ0v) is 13.1. The number of fused-ring (bicyclic) bond motifs is 1. The molecule has 0 spiro atoms. The van der Waals surface area contributed by atoms with E-state index >= 15 is 0 Å². The van der Waals surface area contributed by atoms with Gasteiger partial charge in [0, 0.05) is 24.0 Å². The molecule has 1 aliphatic carbocycles. The lowest BCUT2D eigenvalue weighted by Crippen LogP contribution is -2.35. The van der Waals surface area contributed by atoms with Gasteiger partial charge in [-0.2, -0.15) is 0 Å². The maximum atomic E-state index is 12.7. The molecule has 3 heterocycles. The molecule has 3 N–H and O–H groups in total. The summed E-state index contributed by atoms with van der Waals surface area (Å²) in [5.41, 5.74) is 7.20. The Morgan fingerprint density at radius 3 is 3.14 bits per heavy atom. The van der Waals surface area contributed by atoms with Crippen LogP contribution in [0.1, 0.15) is 33.0 Å². The Morgan fingerprint density at radius 1 is 1.48 bits per heavy atom. The van der Waals surface area contributed by atoms with E-state index in [2.05, 4.69) is 21.7 Å². The molecule has 7 heteroatoms. The van der Waals surface area contributed by atoms with E-state index in [1.54, 1.807) is 11.3 Å². The number of nitrogens with zero attached hydrogens (tertiary/aromatic N) is 2. The Bertz CT molecular complexity index is 689. The quantitative estimate of drug-likeness (QED) is 0.912. The fourth-order valence-corrected chi connectivity index (χ4v) is 4.33. The van der Waals surface area contributed by atoms with E-state index in [9.17, 15) is 4.79 Å². The van der Waals surface area contributed by atoms with Gasteiger partial charge in [-0.3, -0.25) is 4.79 Å². The number of nitrogens with one attached hydrogen (secondary N) is 1. The summed E-state index contributed by atoms with van der Waals surface area (Å²) in [4.78, 5) is 20.8. The molecule has 0 radical (unpaired) electrons. The van der Waals surface area contributed by atoms with Crippen LogP contribution < -0.4 is 11.1 Å². The van der Waals surface area contributed by atoms with Crippen molar-refractivity contribution >= 4 is 39.5 Å². The highest BCUT2D eigenvalue weighted by atomic mass is 32.1. The third-order valence-electron chi connectivity index (χ3n) is 3.85. The summed E-state index contributed by atoms with van der Waals surface area (Å²) in [5.74, 6) is 0.356. The molecule has 2 aromatic heterocycles.